The van der Waals surface area contributed by atoms with Crippen molar-refractivity contribution in [2.24, 2.45) is 5.92 Å². The second kappa shape index (κ2) is 8.30. The van der Waals surface area contributed by atoms with E-state index >= 15 is 0 Å². The minimum Gasteiger partial charge on any atom is -0.457 e. The molecule has 23 heavy (non-hydrogen) atoms. The molecule has 0 bridgehead atoms. The largest absolute Gasteiger partial charge is 0.457 e. The lowest BCUT2D eigenvalue weighted by atomic mass is 10.1. The SMILES string of the molecule is CCCn1c(N)c(C(=O)COC(=O)CCC(C)C)c(=O)[nH]c1=O. The monoisotopic (exact) mass is 325 g/mol. The van der Waals surface area contributed by atoms with Crippen molar-refractivity contribution in [3.63, 3.8) is 0 Å². The van der Waals surface area contributed by atoms with E-state index in [1.807, 2.05) is 20.8 Å². The van der Waals surface area contributed by atoms with Crippen LogP contribution in [0.1, 0.15) is 50.4 Å². The number of anilines is 1. The van der Waals surface area contributed by atoms with Crippen LogP contribution in [0.5, 0.6) is 0 Å². The zero-order valence-electron chi connectivity index (χ0n) is 13.7. The molecule has 0 fully saturated rings. The summed E-state index contributed by atoms with van der Waals surface area (Å²) in [5.41, 5.74) is 3.87. The van der Waals surface area contributed by atoms with Crippen LogP contribution in [-0.2, 0) is 16.1 Å². The van der Waals surface area contributed by atoms with Gasteiger partial charge in [-0.2, -0.15) is 0 Å². The number of H-pyrrole nitrogens is 1. The highest BCUT2D eigenvalue weighted by atomic mass is 16.5. The number of nitrogens with one attached hydrogen (secondary N) is 1. The summed E-state index contributed by atoms with van der Waals surface area (Å²) in [5, 5.41) is 0. The van der Waals surface area contributed by atoms with Crippen LogP contribution in [-0.4, -0.2) is 27.9 Å². The first-order chi connectivity index (χ1) is 10.8. The number of nitrogen functional groups attached to an aromatic ring is 1. The summed E-state index contributed by atoms with van der Waals surface area (Å²) in [4.78, 5) is 49.2. The van der Waals surface area contributed by atoms with E-state index in [1.165, 1.54) is 0 Å². The van der Waals surface area contributed by atoms with Crippen molar-refractivity contribution in [3.8, 4) is 0 Å². The molecule has 0 aromatic carbocycles. The highest BCUT2D eigenvalue weighted by molar-refractivity contribution is 6.01. The van der Waals surface area contributed by atoms with Gasteiger partial charge in [0.2, 0.25) is 5.78 Å². The van der Waals surface area contributed by atoms with E-state index in [2.05, 4.69) is 4.98 Å². The summed E-state index contributed by atoms with van der Waals surface area (Å²) in [5.74, 6) is -1.10. The smallest absolute Gasteiger partial charge is 0.329 e. The predicted octanol–water partition coefficient (Wildman–Crippen LogP) is 0.691. The summed E-state index contributed by atoms with van der Waals surface area (Å²) in [6, 6.07) is 0. The van der Waals surface area contributed by atoms with Crippen molar-refractivity contribution in [1.29, 1.82) is 0 Å². The fourth-order valence-electron chi connectivity index (χ4n) is 2.00. The molecule has 0 saturated heterocycles. The molecule has 0 aliphatic heterocycles. The summed E-state index contributed by atoms with van der Waals surface area (Å²) < 4.78 is 5.98. The normalized spacial score (nSPS) is 10.8. The number of ketones is 1. The Bertz CT molecular complexity index is 687. The van der Waals surface area contributed by atoms with Gasteiger partial charge in [0.1, 0.15) is 11.4 Å². The fraction of sp³-hybridized carbons (Fsp3) is 0.600. The summed E-state index contributed by atoms with van der Waals surface area (Å²) in [7, 11) is 0. The van der Waals surface area contributed by atoms with Crippen LogP contribution in [0, 0.1) is 5.92 Å². The number of nitrogens with two attached hydrogens (primary N) is 1. The van der Waals surface area contributed by atoms with Gasteiger partial charge in [-0.1, -0.05) is 20.8 Å². The first-order valence-corrected chi connectivity index (χ1v) is 7.59. The Hall–Kier alpha value is -2.38. The maximum absolute atomic E-state index is 12.1. The number of Topliss-reactive ketones (excluding diaryl/α,β-unsaturated/α-hetero) is 1. The van der Waals surface area contributed by atoms with Crippen LogP contribution in [0.3, 0.4) is 0 Å². The van der Waals surface area contributed by atoms with Crippen LogP contribution in [0.25, 0.3) is 0 Å². The van der Waals surface area contributed by atoms with E-state index in [9.17, 15) is 19.2 Å². The van der Waals surface area contributed by atoms with E-state index < -0.39 is 29.6 Å². The van der Waals surface area contributed by atoms with Gasteiger partial charge in [0, 0.05) is 13.0 Å². The number of hydrogen-bond acceptors (Lipinski definition) is 6. The van der Waals surface area contributed by atoms with Gasteiger partial charge < -0.3 is 10.5 Å². The van der Waals surface area contributed by atoms with E-state index in [0.717, 1.165) is 4.57 Å². The molecule has 8 nitrogen and oxygen atoms in total. The van der Waals surface area contributed by atoms with E-state index in [-0.39, 0.29) is 24.3 Å². The topological polar surface area (TPSA) is 124 Å². The highest BCUT2D eigenvalue weighted by Gasteiger charge is 2.20. The molecule has 0 atom stereocenters. The van der Waals surface area contributed by atoms with Gasteiger partial charge in [-0.25, -0.2) is 4.79 Å². The summed E-state index contributed by atoms with van der Waals surface area (Å²) in [6.07, 6.45) is 1.46. The number of ether oxygens (including phenoxy) is 1. The second-order valence-corrected chi connectivity index (χ2v) is 5.69. The average Bonchev–Trinajstić information content (AvgIpc) is 2.47. The predicted molar refractivity (Wildman–Crippen MR) is 85.4 cm³/mol. The van der Waals surface area contributed by atoms with Gasteiger partial charge in [0.25, 0.3) is 5.56 Å². The van der Waals surface area contributed by atoms with Crippen LogP contribution in [0.4, 0.5) is 5.82 Å². The van der Waals surface area contributed by atoms with Crippen LogP contribution in [0.2, 0.25) is 0 Å². The average molecular weight is 325 g/mol. The number of hydrogen-bond donors (Lipinski definition) is 2. The third kappa shape index (κ3) is 5.08. The Kier molecular flexibility index (Phi) is 6.74. The molecular weight excluding hydrogens is 302 g/mol. The lowest BCUT2D eigenvalue weighted by Crippen LogP contribution is -2.37. The van der Waals surface area contributed by atoms with Crippen molar-refractivity contribution in [1.82, 2.24) is 9.55 Å². The lowest BCUT2D eigenvalue weighted by molar-refractivity contribution is -0.142. The van der Waals surface area contributed by atoms with E-state index in [0.29, 0.717) is 18.8 Å². The van der Waals surface area contributed by atoms with Crippen LogP contribution >= 0.6 is 0 Å². The zero-order valence-corrected chi connectivity index (χ0v) is 13.7. The Morgan fingerprint density at radius 3 is 2.52 bits per heavy atom. The number of carbonyl (C=O) groups excluding carboxylic acids is 2. The Balaban J connectivity index is 2.88. The maximum Gasteiger partial charge on any atom is 0.329 e. The molecule has 1 aromatic rings. The third-order valence-electron chi connectivity index (χ3n) is 3.26. The molecule has 0 aliphatic rings. The number of esters is 1. The third-order valence-corrected chi connectivity index (χ3v) is 3.26. The maximum atomic E-state index is 12.1. The number of aromatic nitrogens is 2. The minimum atomic E-state index is -0.872. The summed E-state index contributed by atoms with van der Waals surface area (Å²) in [6.45, 7) is 5.46. The van der Waals surface area contributed by atoms with Crippen LogP contribution < -0.4 is 17.0 Å². The molecule has 0 aliphatic carbocycles. The standard InChI is InChI=1S/C15H23N3O5/c1-4-7-18-13(16)12(14(21)17-15(18)22)10(19)8-23-11(20)6-5-9(2)3/h9H,4-8,16H2,1-3H3,(H,17,21,22). The quantitative estimate of drug-likeness (QED) is 0.535. The number of carbonyl (C=O) groups is 2. The molecular formula is C15H23N3O5. The Morgan fingerprint density at radius 1 is 1.30 bits per heavy atom. The van der Waals surface area contributed by atoms with Crippen molar-refractivity contribution >= 4 is 17.6 Å². The zero-order chi connectivity index (χ0) is 17.6. The van der Waals surface area contributed by atoms with Gasteiger partial charge in [-0.15, -0.1) is 0 Å². The molecule has 1 rings (SSSR count). The molecule has 128 valence electrons. The van der Waals surface area contributed by atoms with E-state index in [1.54, 1.807) is 0 Å². The van der Waals surface area contributed by atoms with Gasteiger partial charge in [-0.3, -0.25) is 23.9 Å². The van der Waals surface area contributed by atoms with Gasteiger partial charge in [0.05, 0.1) is 0 Å². The summed E-state index contributed by atoms with van der Waals surface area (Å²) >= 11 is 0. The van der Waals surface area contributed by atoms with E-state index in [4.69, 9.17) is 10.5 Å². The molecule has 0 saturated carbocycles. The highest BCUT2D eigenvalue weighted by Crippen LogP contribution is 2.08. The van der Waals surface area contributed by atoms with Crippen molar-refractivity contribution in [3.05, 3.63) is 26.4 Å². The lowest BCUT2D eigenvalue weighted by Gasteiger charge is -2.11. The molecule has 0 radical (unpaired) electrons. The first kappa shape index (κ1) is 18.7. The van der Waals surface area contributed by atoms with Crippen molar-refractivity contribution in [2.75, 3.05) is 12.3 Å². The molecule has 0 unspecified atom stereocenters. The number of nitrogens with zero attached hydrogens (tertiary/aromatic N) is 1. The van der Waals surface area contributed by atoms with Crippen molar-refractivity contribution in [2.45, 2.75) is 46.6 Å². The number of rotatable bonds is 8. The van der Waals surface area contributed by atoms with Gasteiger partial charge in [0.15, 0.2) is 6.61 Å². The molecule has 8 heteroatoms. The van der Waals surface area contributed by atoms with Gasteiger partial charge in [-0.05, 0) is 18.8 Å². The molecule has 1 aromatic heterocycles. The molecule has 3 N–H and O–H groups in total. The van der Waals surface area contributed by atoms with Crippen LogP contribution in [0.15, 0.2) is 9.59 Å². The minimum absolute atomic E-state index is 0.201. The van der Waals surface area contributed by atoms with Gasteiger partial charge >= 0.3 is 11.7 Å². The Morgan fingerprint density at radius 2 is 1.96 bits per heavy atom. The molecule has 1 heterocycles. The molecule has 0 spiro atoms. The fourth-order valence-corrected chi connectivity index (χ4v) is 2.00. The first-order valence-electron chi connectivity index (χ1n) is 7.59. The second-order valence-electron chi connectivity index (χ2n) is 5.69. The number of aromatic amines is 1. The Labute approximate surface area is 133 Å². The van der Waals surface area contributed by atoms with Crippen molar-refractivity contribution < 1.29 is 14.3 Å². The molecule has 0 amide bonds.